The van der Waals surface area contributed by atoms with Crippen molar-refractivity contribution < 1.29 is 14.3 Å². The molecule has 0 radical (unpaired) electrons. The summed E-state index contributed by atoms with van der Waals surface area (Å²) < 4.78 is 10.6. The van der Waals surface area contributed by atoms with Gasteiger partial charge in [-0.15, -0.1) is 0 Å². The molecule has 0 heterocycles. The van der Waals surface area contributed by atoms with Crippen molar-refractivity contribution in [3.05, 3.63) is 83.9 Å². The Morgan fingerprint density at radius 3 is 1.84 bits per heavy atom. The normalized spacial score (nSPS) is 10.8. The summed E-state index contributed by atoms with van der Waals surface area (Å²) in [6, 6.07) is 23.9. The predicted molar refractivity (Wildman–Crippen MR) is 129 cm³/mol. The number of rotatable bonds is 10. The molecular formula is C27H32N2O3. The van der Waals surface area contributed by atoms with Crippen molar-refractivity contribution in [3.8, 4) is 22.6 Å². The largest absolute Gasteiger partial charge is 0.497 e. The lowest BCUT2D eigenvalue weighted by atomic mass is 10.1. The summed E-state index contributed by atoms with van der Waals surface area (Å²) in [5, 5.41) is 2.82. The van der Waals surface area contributed by atoms with Gasteiger partial charge in [-0.05, 0) is 66.0 Å². The van der Waals surface area contributed by atoms with Gasteiger partial charge in [0.2, 0.25) is 0 Å². The van der Waals surface area contributed by atoms with Crippen LogP contribution in [0.15, 0.2) is 72.8 Å². The third kappa shape index (κ3) is 6.86. The molecule has 168 valence electrons. The van der Waals surface area contributed by atoms with Gasteiger partial charge in [0, 0.05) is 13.1 Å². The average Bonchev–Trinajstić information content (AvgIpc) is 2.84. The second-order valence-corrected chi connectivity index (χ2v) is 7.60. The van der Waals surface area contributed by atoms with Gasteiger partial charge >= 0.3 is 6.09 Å². The third-order valence-electron chi connectivity index (χ3n) is 5.49. The van der Waals surface area contributed by atoms with E-state index in [1.165, 1.54) is 11.1 Å². The molecule has 0 saturated carbocycles. The van der Waals surface area contributed by atoms with E-state index in [0.29, 0.717) is 12.3 Å². The lowest BCUT2D eigenvalue weighted by Crippen LogP contribution is -2.28. The Labute approximate surface area is 191 Å². The van der Waals surface area contributed by atoms with Gasteiger partial charge in [0.1, 0.15) is 11.5 Å². The Morgan fingerprint density at radius 1 is 0.781 bits per heavy atom. The Morgan fingerprint density at radius 2 is 1.31 bits per heavy atom. The van der Waals surface area contributed by atoms with Gasteiger partial charge in [0.15, 0.2) is 0 Å². The Kier molecular flexibility index (Phi) is 8.70. The molecule has 0 atom stereocenters. The first kappa shape index (κ1) is 23.4. The second kappa shape index (κ2) is 11.9. The van der Waals surface area contributed by atoms with E-state index >= 15 is 0 Å². The molecule has 0 spiro atoms. The SMILES string of the molecule is CCN(CC)Cc1ccc(CCNC(=O)Oc2ccc(-c3ccc(OC)cc3)cc2)cc1. The van der Waals surface area contributed by atoms with Gasteiger partial charge in [0.05, 0.1) is 7.11 Å². The van der Waals surface area contributed by atoms with Crippen LogP contribution in [0.1, 0.15) is 25.0 Å². The van der Waals surface area contributed by atoms with E-state index in [1.807, 2.05) is 36.4 Å². The van der Waals surface area contributed by atoms with Crippen molar-refractivity contribution >= 4 is 6.09 Å². The lowest BCUT2D eigenvalue weighted by Gasteiger charge is -2.18. The first-order chi connectivity index (χ1) is 15.6. The smallest absolute Gasteiger partial charge is 0.412 e. The van der Waals surface area contributed by atoms with Crippen LogP contribution in [0, 0.1) is 0 Å². The van der Waals surface area contributed by atoms with Crippen LogP contribution in [-0.4, -0.2) is 37.7 Å². The maximum Gasteiger partial charge on any atom is 0.412 e. The number of methoxy groups -OCH3 is 1. The number of nitrogens with one attached hydrogen (secondary N) is 1. The number of carbonyl (C=O) groups excluding carboxylic acids is 1. The molecule has 0 saturated heterocycles. The molecule has 32 heavy (non-hydrogen) atoms. The number of carbonyl (C=O) groups is 1. The van der Waals surface area contributed by atoms with E-state index in [9.17, 15) is 4.79 Å². The first-order valence-electron chi connectivity index (χ1n) is 11.1. The fourth-order valence-electron chi connectivity index (χ4n) is 3.47. The molecule has 3 aromatic carbocycles. The Balaban J connectivity index is 1.43. The van der Waals surface area contributed by atoms with E-state index in [0.717, 1.165) is 42.9 Å². The number of amides is 1. The number of benzene rings is 3. The Hall–Kier alpha value is -3.31. The summed E-state index contributed by atoms with van der Waals surface area (Å²) in [6.45, 7) is 7.95. The van der Waals surface area contributed by atoms with Crippen molar-refractivity contribution in [1.82, 2.24) is 10.2 Å². The highest BCUT2D eigenvalue weighted by atomic mass is 16.6. The quantitative estimate of drug-likeness (QED) is 0.457. The summed E-state index contributed by atoms with van der Waals surface area (Å²) in [5.41, 5.74) is 4.62. The zero-order chi connectivity index (χ0) is 22.8. The minimum Gasteiger partial charge on any atom is -0.497 e. The molecule has 0 aliphatic heterocycles. The first-order valence-corrected chi connectivity index (χ1v) is 11.1. The van der Waals surface area contributed by atoms with E-state index in [-0.39, 0.29) is 0 Å². The molecule has 0 aliphatic rings. The number of ether oxygens (including phenoxy) is 2. The van der Waals surface area contributed by atoms with E-state index in [4.69, 9.17) is 9.47 Å². The van der Waals surface area contributed by atoms with Gasteiger partial charge in [-0.25, -0.2) is 4.79 Å². The monoisotopic (exact) mass is 432 g/mol. The van der Waals surface area contributed by atoms with Crippen molar-refractivity contribution in [2.45, 2.75) is 26.8 Å². The van der Waals surface area contributed by atoms with Crippen LogP contribution in [0.2, 0.25) is 0 Å². The van der Waals surface area contributed by atoms with Gasteiger partial charge in [-0.3, -0.25) is 4.90 Å². The fraction of sp³-hybridized carbons (Fsp3) is 0.296. The third-order valence-corrected chi connectivity index (χ3v) is 5.49. The molecule has 0 fully saturated rings. The Bertz CT molecular complexity index is 963. The van der Waals surface area contributed by atoms with Crippen LogP contribution < -0.4 is 14.8 Å². The lowest BCUT2D eigenvalue weighted by molar-refractivity contribution is 0.200. The standard InChI is InChI=1S/C27H32N2O3/c1-4-29(5-2)20-22-8-6-21(7-9-22)18-19-28-27(30)32-26-16-12-24(13-17-26)23-10-14-25(31-3)15-11-23/h6-17H,4-5,18-20H2,1-3H3,(H,28,30). The molecule has 1 N–H and O–H groups in total. The molecule has 3 aromatic rings. The average molecular weight is 433 g/mol. The predicted octanol–water partition coefficient (Wildman–Crippen LogP) is 5.54. The molecular weight excluding hydrogens is 400 g/mol. The highest BCUT2D eigenvalue weighted by Gasteiger charge is 2.06. The summed E-state index contributed by atoms with van der Waals surface area (Å²) in [7, 11) is 1.65. The second-order valence-electron chi connectivity index (χ2n) is 7.60. The molecule has 1 amide bonds. The summed E-state index contributed by atoms with van der Waals surface area (Å²) in [4.78, 5) is 14.5. The highest BCUT2D eigenvalue weighted by molar-refractivity contribution is 5.71. The maximum atomic E-state index is 12.1. The van der Waals surface area contributed by atoms with Gasteiger partial charge in [-0.2, -0.15) is 0 Å². The van der Waals surface area contributed by atoms with E-state index < -0.39 is 6.09 Å². The molecule has 0 aliphatic carbocycles. The minimum absolute atomic E-state index is 0.444. The number of hydrogen-bond acceptors (Lipinski definition) is 4. The van der Waals surface area contributed by atoms with Crippen molar-refractivity contribution in [2.24, 2.45) is 0 Å². The van der Waals surface area contributed by atoms with E-state index in [2.05, 4.69) is 48.3 Å². The minimum atomic E-state index is -0.444. The van der Waals surface area contributed by atoms with Crippen molar-refractivity contribution in [3.63, 3.8) is 0 Å². The maximum absolute atomic E-state index is 12.1. The van der Waals surface area contributed by atoms with Crippen LogP contribution in [0.3, 0.4) is 0 Å². The number of hydrogen-bond donors (Lipinski definition) is 1. The van der Waals surface area contributed by atoms with Crippen LogP contribution >= 0.6 is 0 Å². The van der Waals surface area contributed by atoms with Crippen LogP contribution in [0.25, 0.3) is 11.1 Å². The van der Waals surface area contributed by atoms with Gasteiger partial charge < -0.3 is 14.8 Å². The molecule has 5 nitrogen and oxygen atoms in total. The fourth-order valence-corrected chi connectivity index (χ4v) is 3.47. The van der Waals surface area contributed by atoms with Crippen LogP contribution in [0.4, 0.5) is 4.79 Å². The molecule has 0 unspecified atom stereocenters. The van der Waals surface area contributed by atoms with Gasteiger partial charge in [-0.1, -0.05) is 62.4 Å². The zero-order valence-electron chi connectivity index (χ0n) is 19.1. The zero-order valence-corrected chi connectivity index (χ0v) is 19.1. The summed E-state index contributed by atoms with van der Waals surface area (Å²) >= 11 is 0. The summed E-state index contributed by atoms with van der Waals surface area (Å²) in [6.07, 6.45) is 0.317. The van der Waals surface area contributed by atoms with Crippen LogP contribution in [0.5, 0.6) is 11.5 Å². The number of nitrogens with zero attached hydrogens (tertiary/aromatic N) is 1. The van der Waals surface area contributed by atoms with Crippen LogP contribution in [-0.2, 0) is 13.0 Å². The van der Waals surface area contributed by atoms with E-state index in [1.54, 1.807) is 19.2 Å². The highest BCUT2D eigenvalue weighted by Crippen LogP contribution is 2.24. The topological polar surface area (TPSA) is 50.8 Å². The molecule has 0 aromatic heterocycles. The summed E-state index contributed by atoms with van der Waals surface area (Å²) in [5.74, 6) is 1.33. The van der Waals surface area contributed by atoms with Crippen molar-refractivity contribution in [1.29, 1.82) is 0 Å². The van der Waals surface area contributed by atoms with Gasteiger partial charge in [0.25, 0.3) is 0 Å². The molecule has 3 rings (SSSR count). The van der Waals surface area contributed by atoms with Crippen molar-refractivity contribution in [2.75, 3.05) is 26.7 Å². The molecule has 0 bridgehead atoms. The molecule has 5 heteroatoms.